The maximum absolute atomic E-state index is 13.0. The van der Waals surface area contributed by atoms with Crippen molar-refractivity contribution in [2.24, 2.45) is 0 Å². The fourth-order valence-corrected chi connectivity index (χ4v) is 11.1. The van der Waals surface area contributed by atoms with Crippen LogP contribution in [0.2, 0.25) is 0 Å². The molecule has 0 aliphatic rings. The molecule has 0 aromatic rings. The van der Waals surface area contributed by atoms with Crippen LogP contribution in [0.15, 0.2) is 24.3 Å². The highest BCUT2D eigenvalue weighted by molar-refractivity contribution is 7.45. The van der Waals surface area contributed by atoms with Crippen LogP contribution in [0.5, 0.6) is 0 Å². The average molecular weight is 1090 g/mol. The third kappa shape index (κ3) is 60.6. The number of amides is 1. The number of allylic oxidation sites excluding steroid dienone is 3. The second kappa shape index (κ2) is 58.6. The number of unbranched alkanes of at least 4 members (excludes halogenated alkanes) is 48. The minimum atomic E-state index is -4.60. The second-order valence-electron chi connectivity index (χ2n) is 24.5. The lowest BCUT2D eigenvalue weighted by molar-refractivity contribution is -0.870. The molecule has 0 aliphatic heterocycles. The maximum atomic E-state index is 13.0. The number of hydrogen-bond acceptors (Lipinski definition) is 6. The molecule has 0 fully saturated rings. The van der Waals surface area contributed by atoms with Gasteiger partial charge in [0.15, 0.2) is 0 Å². The normalized spacial score (nSPS) is 13.8. The van der Waals surface area contributed by atoms with E-state index in [4.69, 9.17) is 9.05 Å². The van der Waals surface area contributed by atoms with E-state index in [0.29, 0.717) is 17.4 Å². The van der Waals surface area contributed by atoms with Crippen LogP contribution in [-0.2, 0) is 18.4 Å². The van der Waals surface area contributed by atoms with Gasteiger partial charge in [-0.3, -0.25) is 9.36 Å². The molecule has 0 aliphatic carbocycles. The Morgan fingerprint density at radius 3 is 1.03 bits per heavy atom. The first-order valence-electron chi connectivity index (χ1n) is 33.7. The summed E-state index contributed by atoms with van der Waals surface area (Å²) in [5.74, 6) is -0.189. The Kier molecular flexibility index (Phi) is 57.8. The van der Waals surface area contributed by atoms with Crippen molar-refractivity contribution in [3.63, 3.8) is 0 Å². The van der Waals surface area contributed by atoms with Crippen LogP contribution < -0.4 is 10.2 Å². The smallest absolute Gasteiger partial charge is 0.268 e. The number of carbonyl (C=O) groups excluding carboxylic acids is 1. The summed E-state index contributed by atoms with van der Waals surface area (Å²) in [5.41, 5.74) is 0. The topological polar surface area (TPSA) is 108 Å². The lowest BCUT2D eigenvalue weighted by Crippen LogP contribution is -2.45. The summed E-state index contributed by atoms with van der Waals surface area (Å²) in [5, 5.41) is 14.0. The van der Waals surface area contributed by atoms with Gasteiger partial charge in [0.25, 0.3) is 7.82 Å². The number of phosphoric ester groups is 1. The van der Waals surface area contributed by atoms with Gasteiger partial charge in [-0.2, -0.15) is 0 Å². The Hall–Kier alpha value is -1.02. The molecule has 0 aromatic heterocycles. The maximum Gasteiger partial charge on any atom is 0.268 e. The minimum Gasteiger partial charge on any atom is -0.756 e. The molecular weight excluding hydrogens is 960 g/mol. The van der Waals surface area contributed by atoms with Gasteiger partial charge in [-0.1, -0.05) is 321 Å². The summed E-state index contributed by atoms with van der Waals surface area (Å²) < 4.78 is 23.4. The molecule has 0 saturated heterocycles. The number of nitrogens with one attached hydrogen (secondary N) is 1. The minimum absolute atomic E-state index is 0.00187. The molecule has 0 saturated carbocycles. The Bertz CT molecular complexity index is 1290. The lowest BCUT2D eigenvalue weighted by atomic mass is 10.0. The molecule has 0 heterocycles. The molecule has 0 aromatic carbocycles. The molecule has 0 rings (SSSR count). The molecule has 1 amide bonds. The molecule has 2 N–H and O–H groups in total. The van der Waals surface area contributed by atoms with Crippen molar-refractivity contribution in [3.05, 3.63) is 24.3 Å². The predicted octanol–water partition coefficient (Wildman–Crippen LogP) is 20.5. The van der Waals surface area contributed by atoms with Gasteiger partial charge in [0.2, 0.25) is 5.91 Å². The van der Waals surface area contributed by atoms with Crippen molar-refractivity contribution in [3.8, 4) is 0 Å². The highest BCUT2D eigenvalue weighted by atomic mass is 31.2. The first-order chi connectivity index (χ1) is 37.0. The van der Waals surface area contributed by atoms with Crippen molar-refractivity contribution in [2.75, 3.05) is 40.9 Å². The van der Waals surface area contributed by atoms with Crippen LogP contribution in [-0.4, -0.2) is 68.5 Å². The van der Waals surface area contributed by atoms with Gasteiger partial charge in [-0.25, -0.2) is 0 Å². The molecule has 76 heavy (non-hydrogen) atoms. The van der Waals surface area contributed by atoms with Crippen molar-refractivity contribution >= 4 is 13.7 Å². The molecule has 3 unspecified atom stereocenters. The summed E-state index contributed by atoms with van der Waals surface area (Å²) in [6, 6.07) is -0.885. The highest BCUT2D eigenvalue weighted by Crippen LogP contribution is 2.38. The Morgan fingerprint density at radius 1 is 0.447 bits per heavy atom. The van der Waals surface area contributed by atoms with Crippen LogP contribution in [0.25, 0.3) is 0 Å². The van der Waals surface area contributed by atoms with Crippen LogP contribution >= 0.6 is 7.82 Å². The average Bonchev–Trinajstić information content (AvgIpc) is 3.38. The van der Waals surface area contributed by atoms with Gasteiger partial charge in [0.05, 0.1) is 39.9 Å². The number of phosphoric acid groups is 1. The fraction of sp³-hybridized carbons (Fsp3) is 0.925. The van der Waals surface area contributed by atoms with E-state index < -0.39 is 20.0 Å². The number of hydrogen-bond donors (Lipinski definition) is 2. The van der Waals surface area contributed by atoms with Crippen molar-refractivity contribution in [1.29, 1.82) is 0 Å². The van der Waals surface area contributed by atoms with Crippen LogP contribution in [0.1, 0.15) is 348 Å². The number of rotatable bonds is 63. The zero-order valence-electron chi connectivity index (χ0n) is 51.7. The number of quaternary nitrogens is 1. The van der Waals surface area contributed by atoms with Crippen molar-refractivity contribution in [2.45, 2.75) is 360 Å². The van der Waals surface area contributed by atoms with Gasteiger partial charge in [0.1, 0.15) is 13.2 Å². The third-order valence-corrected chi connectivity index (χ3v) is 16.6. The molecule has 0 spiro atoms. The number of aliphatic hydroxyl groups is 1. The third-order valence-electron chi connectivity index (χ3n) is 15.7. The summed E-state index contributed by atoms with van der Waals surface area (Å²) >= 11 is 0. The van der Waals surface area contributed by atoms with E-state index in [2.05, 4.69) is 31.3 Å². The standard InChI is InChI=1S/C67H133N2O6P/c1-6-8-10-12-14-16-18-20-22-24-26-28-30-31-32-33-34-35-36-37-39-41-43-45-47-49-51-53-55-57-59-61-67(71)68-65(64-75-76(72,73)74-63-62-69(3,4)5)66(70)60-58-56-54-52-50-48-46-44-42-40-38-29-27-25-23-21-19-17-15-13-11-9-7-2/h24,26,58,60,65-66,70H,6-23,25,27-57,59,61-64H2,1-5H3,(H-,68,71,72,73)/b26-24-,60-58+. The Labute approximate surface area is 474 Å². The fourth-order valence-electron chi connectivity index (χ4n) is 10.4. The predicted molar refractivity (Wildman–Crippen MR) is 330 cm³/mol. The first kappa shape index (κ1) is 75.0. The molecule has 0 radical (unpaired) electrons. The Balaban J connectivity index is 4.05. The zero-order chi connectivity index (χ0) is 55.6. The molecule has 9 heteroatoms. The number of carbonyl (C=O) groups is 1. The number of nitrogens with zero attached hydrogens (tertiary/aromatic N) is 1. The SMILES string of the molecule is CCCCCCCCCC/C=C\CCCCCCCCCCCCCCCCCCCCCC(=O)NC(COP(=O)([O-])OCC[N+](C)(C)C)C(O)/C=C/CCCCCCCCCCCCCCCCCCCCCCC. The highest BCUT2D eigenvalue weighted by Gasteiger charge is 2.23. The Morgan fingerprint density at radius 2 is 0.724 bits per heavy atom. The quantitative estimate of drug-likeness (QED) is 0.0272. The van der Waals surface area contributed by atoms with Gasteiger partial charge < -0.3 is 28.8 Å². The molecule has 452 valence electrons. The van der Waals surface area contributed by atoms with Gasteiger partial charge in [-0.15, -0.1) is 0 Å². The largest absolute Gasteiger partial charge is 0.756 e. The summed E-state index contributed by atoms with van der Waals surface area (Å²) in [4.78, 5) is 25.6. The lowest BCUT2D eigenvalue weighted by Gasteiger charge is -2.29. The van der Waals surface area contributed by atoms with E-state index in [9.17, 15) is 19.4 Å². The van der Waals surface area contributed by atoms with E-state index >= 15 is 0 Å². The second-order valence-corrected chi connectivity index (χ2v) is 25.9. The van der Waals surface area contributed by atoms with E-state index in [1.54, 1.807) is 6.08 Å². The number of aliphatic hydroxyl groups excluding tert-OH is 1. The van der Waals surface area contributed by atoms with E-state index in [1.165, 1.54) is 289 Å². The van der Waals surface area contributed by atoms with Crippen LogP contribution in [0.3, 0.4) is 0 Å². The van der Waals surface area contributed by atoms with Crippen LogP contribution in [0.4, 0.5) is 0 Å². The van der Waals surface area contributed by atoms with E-state index in [0.717, 1.165) is 38.5 Å². The number of likely N-dealkylation sites (N-methyl/N-ethyl adjacent to an activating group) is 1. The van der Waals surface area contributed by atoms with Gasteiger partial charge in [0, 0.05) is 6.42 Å². The van der Waals surface area contributed by atoms with E-state index in [1.807, 2.05) is 27.2 Å². The molecule has 3 atom stereocenters. The molecule has 8 nitrogen and oxygen atoms in total. The monoisotopic (exact) mass is 1090 g/mol. The van der Waals surface area contributed by atoms with Gasteiger partial charge in [-0.05, 0) is 44.9 Å². The summed E-state index contributed by atoms with van der Waals surface area (Å²) in [7, 11) is 1.28. The van der Waals surface area contributed by atoms with Crippen LogP contribution in [0, 0.1) is 0 Å². The molecule has 0 bridgehead atoms. The molecular formula is C67H133N2O6P. The zero-order valence-corrected chi connectivity index (χ0v) is 52.6. The first-order valence-corrected chi connectivity index (χ1v) is 35.2. The summed E-state index contributed by atoms with van der Waals surface area (Å²) in [6.45, 7) is 4.71. The van der Waals surface area contributed by atoms with Crippen molar-refractivity contribution in [1.82, 2.24) is 5.32 Å². The van der Waals surface area contributed by atoms with Crippen molar-refractivity contribution < 1.29 is 32.9 Å². The summed E-state index contributed by atoms with van der Waals surface area (Å²) in [6.07, 6.45) is 75.7. The van der Waals surface area contributed by atoms with Gasteiger partial charge >= 0.3 is 0 Å². The van der Waals surface area contributed by atoms with E-state index in [-0.39, 0.29) is 19.1 Å².